The van der Waals surface area contributed by atoms with E-state index in [2.05, 4.69) is 91.0 Å². The van der Waals surface area contributed by atoms with Gasteiger partial charge in [-0.15, -0.1) is 0 Å². The van der Waals surface area contributed by atoms with Crippen molar-refractivity contribution in [2.75, 3.05) is 0 Å². The molecule has 0 fully saturated rings. The third kappa shape index (κ3) is 3.93. The lowest BCUT2D eigenvalue weighted by atomic mass is 10.0. The molecule has 3 aromatic carbocycles. The normalized spacial score (nSPS) is 10.7. The molecule has 3 aromatic rings. The lowest BCUT2D eigenvalue weighted by Crippen LogP contribution is -1.94. The molecular formula is C19H16S2. The van der Waals surface area contributed by atoms with Gasteiger partial charge in [-0.25, -0.2) is 0 Å². The first-order valence-corrected chi connectivity index (χ1v) is 9.13. The van der Waals surface area contributed by atoms with E-state index in [1.54, 1.807) is 0 Å². The van der Waals surface area contributed by atoms with E-state index in [0.717, 1.165) is 0 Å². The van der Waals surface area contributed by atoms with Crippen LogP contribution in [0.1, 0.15) is 16.4 Å². The number of benzene rings is 3. The zero-order valence-electron chi connectivity index (χ0n) is 11.6. The SMILES string of the molecule is c1ccc(SSC(c2ccccc2)c2ccccc2)cc1. The van der Waals surface area contributed by atoms with Crippen LogP contribution in [0.5, 0.6) is 0 Å². The molecule has 0 amide bonds. The van der Waals surface area contributed by atoms with Gasteiger partial charge in [0, 0.05) is 4.90 Å². The number of hydrogen-bond donors (Lipinski definition) is 0. The smallest absolute Gasteiger partial charge is 0.0653 e. The summed E-state index contributed by atoms with van der Waals surface area (Å²) < 4.78 is 0. The minimum atomic E-state index is 0.345. The molecule has 0 atom stereocenters. The molecule has 0 bridgehead atoms. The van der Waals surface area contributed by atoms with Gasteiger partial charge in [-0.2, -0.15) is 0 Å². The van der Waals surface area contributed by atoms with Gasteiger partial charge in [-0.05, 0) is 23.3 Å². The van der Waals surface area contributed by atoms with E-state index >= 15 is 0 Å². The summed E-state index contributed by atoms with van der Waals surface area (Å²) in [4.78, 5) is 1.29. The van der Waals surface area contributed by atoms with Gasteiger partial charge in [-0.1, -0.05) is 100 Å². The van der Waals surface area contributed by atoms with Gasteiger partial charge in [0.15, 0.2) is 0 Å². The Morgan fingerprint density at radius 2 is 0.952 bits per heavy atom. The van der Waals surface area contributed by atoms with Crippen LogP contribution in [0.3, 0.4) is 0 Å². The first kappa shape index (κ1) is 14.3. The zero-order valence-corrected chi connectivity index (χ0v) is 13.2. The molecule has 0 aliphatic carbocycles. The predicted octanol–water partition coefficient (Wildman–Crippen LogP) is 6.22. The summed E-state index contributed by atoms with van der Waals surface area (Å²) in [6.45, 7) is 0. The second kappa shape index (κ2) is 7.39. The van der Waals surface area contributed by atoms with Crippen LogP contribution in [0.25, 0.3) is 0 Å². The molecule has 0 radical (unpaired) electrons. The maximum atomic E-state index is 2.20. The summed E-state index contributed by atoms with van der Waals surface area (Å²) in [6, 6.07) is 31.9. The average Bonchev–Trinajstić information content (AvgIpc) is 2.58. The van der Waals surface area contributed by atoms with Crippen molar-refractivity contribution in [2.24, 2.45) is 0 Å². The molecule has 21 heavy (non-hydrogen) atoms. The molecule has 0 N–H and O–H groups in total. The highest BCUT2D eigenvalue weighted by Gasteiger charge is 2.15. The molecule has 0 unspecified atom stereocenters. The van der Waals surface area contributed by atoms with Gasteiger partial charge < -0.3 is 0 Å². The summed E-state index contributed by atoms with van der Waals surface area (Å²) in [7, 11) is 3.73. The fourth-order valence-electron chi connectivity index (χ4n) is 2.14. The highest BCUT2D eigenvalue weighted by atomic mass is 33.1. The Bertz CT molecular complexity index is 611. The summed E-state index contributed by atoms with van der Waals surface area (Å²) >= 11 is 0. The Morgan fingerprint density at radius 3 is 1.43 bits per heavy atom. The molecule has 0 spiro atoms. The van der Waals surface area contributed by atoms with Crippen LogP contribution in [0.4, 0.5) is 0 Å². The van der Waals surface area contributed by atoms with E-state index in [4.69, 9.17) is 0 Å². The monoisotopic (exact) mass is 308 g/mol. The first-order chi connectivity index (χ1) is 10.4. The molecule has 2 heteroatoms. The highest BCUT2D eigenvalue weighted by Crippen LogP contribution is 2.45. The molecule has 3 rings (SSSR count). The molecular weight excluding hydrogens is 292 g/mol. The van der Waals surface area contributed by atoms with Crippen molar-refractivity contribution in [2.45, 2.75) is 10.1 Å². The minimum Gasteiger partial charge on any atom is -0.0758 e. The third-order valence-corrected chi connectivity index (χ3v) is 5.93. The quantitative estimate of drug-likeness (QED) is 0.513. The van der Waals surface area contributed by atoms with Crippen LogP contribution in [-0.4, -0.2) is 0 Å². The second-order valence-corrected chi connectivity index (χ2v) is 7.07. The molecule has 0 heterocycles. The van der Waals surface area contributed by atoms with E-state index < -0.39 is 0 Å². The number of hydrogen-bond acceptors (Lipinski definition) is 2. The molecule has 0 aliphatic heterocycles. The van der Waals surface area contributed by atoms with Crippen molar-refractivity contribution in [1.82, 2.24) is 0 Å². The average molecular weight is 308 g/mol. The maximum absolute atomic E-state index is 2.20. The molecule has 0 nitrogen and oxygen atoms in total. The van der Waals surface area contributed by atoms with E-state index in [-0.39, 0.29) is 0 Å². The van der Waals surface area contributed by atoms with Crippen molar-refractivity contribution in [3.05, 3.63) is 102 Å². The molecule has 0 saturated carbocycles. The Kier molecular flexibility index (Phi) is 5.03. The van der Waals surface area contributed by atoms with Gasteiger partial charge in [0.2, 0.25) is 0 Å². The van der Waals surface area contributed by atoms with Crippen molar-refractivity contribution in [3.8, 4) is 0 Å². The molecule has 0 aliphatic rings. The second-order valence-electron chi connectivity index (χ2n) is 4.69. The predicted molar refractivity (Wildman–Crippen MR) is 94.6 cm³/mol. The van der Waals surface area contributed by atoms with Crippen LogP contribution < -0.4 is 0 Å². The molecule has 104 valence electrons. The largest absolute Gasteiger partial charge is 0.0758 e. The van der Waals surface area contributed by atoms with E-state index in [0.29, 0.717) is 5.25 Å². The summed E-state index contributed by atoms with van der Waals surface area (Å²) in [5.41, 5.74) is 2.69. The van der Waals surface area contributed by atoms with Gasteiger partial charge in [0.1, 0.15) is 0 Å². The fraction of sp³-hybridized carbons (Fsp3) is 0.0526. The summed E-state index contributed by atoms with van der Waals surface area (Å²) in [5, 5.41) is 0.345. The van der Waals surface area contributed by atoms with Crippen molar-refractivity contribution in [3.63, 3.8) is 0 Å². The third-order valence-electron chi connectivity index (χ3n) is 3.19. The fourth-order valence-corrected chi connectivity index (χ4v) is 4.77. The Morgan fingerprint density at radius 1 is 0.524 bits per heavy atom. The lowest BCUT2D eigenvalue weighted by molar-refractivity contribution is 1.16. The lowest BCUT2D eigenvalue weighted by Gasteiger charge is -2.17. The first-order valence-electron chi connectivity index (χ1n) is 6.92. The Hall–Kier alpha value is -1.64. The van der Waals surface area contributed by atoms with Crippen LogP contribution in [0.15, 0.2) is 95.9 Å². The van der Waals surface area contributed by atoms with Crippen LogP contribution >= 0.6 is 21.6 Å². The molecule has 0 saturated heterocycles. The van der Waals surface area contributed by atoms with Crippen molar-refractivity contribution in [1.29, 1.82) is 0 Å². The Labute approximate surface area is 134 Å². The Balaban J connectivity index is 1.83. The van der Waals surface area contributed by atoms with Crippen molar-refractivity contribution < 1.29 is 0 Å². The maximum Gasteiger partial charge on any atom is 0.0653 e. The van der Waals surface area contributed by atoms with Gasteiger partial charge in [0.25, 0.3) is 0 Å². The summed E-state index contributed by atoms with van der Waals surface area (Å²) in [5.74, 6) is 0. The van der Waals surface area contributed by atoms with Gasteiger partial charge >= 0.3 is 0 Å². The van der Waals surface area contributed by atoms with Crippen molar-refractivity contribution >= 4 is 21.6 Å². The van der Waals surface area contributed by atoms with Gasteiger partial charge in [0.05, 0.1) is 5.25 Å². The summed E-state index contributed by atoms with van der Waals surface area (Å²) in [6.07, 6.45) is 0. The van der Waals surface area contributed by atoms with Crippen LogP contribution in [0, 0.1) is 0 Å². The van der Waals surface area contributed by atoms with Gasteiger partial charge in [-0.3, -0.25) is 0 Å². The van der Waals surface area contributed by atoms with E-state index in [1.165, 1.54) is 16.0 Å². The number of rotatable bonds is 5. The topological polar surface area (TPSA) is 0 Å². The standard InChI is InChI=1S/C19H16S2/c1-4-10-16(11-5-1)19(17-12-6-2-7-13-17)21-20-18-14-8-3-9-15-18/h1-15,19H. The van der Waals surface area contributed by atoms with Crippen LogP contribution in [-0.2, 0) is 0 Å². The highest BCUT2D eigenvalue weighted by molar-refractivity contribution is 8.76. The van der Waals surface area contributed by atoms with E-state index in [9.17, 15) is 0 Å². The minimum absolute atomic E-state index is 0.345. The zero-order chi connectivity index (χ0) is 14.3. The van der Waals surface area contributed by atoms with Crippen LogP contribution in [0.2, 0.25) is 0 Å². The van der Waals surface area contributed by atoms with E-state index in [1.807, 2.05) is 21.6 Å². The molecule has 0 aromatic heterocycles.